The number of anilines is 2. The number of hydrogen-bond acceptors (Lipinski definition) is 4. The molecule has 0 saturated carbocycles. The molecule has 1 saturated heterocycles. The third-order valence-electron chi connectivity index (χ3n) is 6.88. The van der Waals surface area contributed by atoms with Crippen molar-refractivity contribution in [2.45, 2.75) is 23.2 Å². The lowest BCUT2D eigenvalue weighted by molar-refractivity contribution is -0.160. The molecule has 2 amide bonds. The number of alkyl halides is 3. The van der Waals surface area contributed by atoms with Gasteiger partial charge in [-0.1, -0.05) is 36.4 Å². The van der Waals surface area contributed by atoms with Gasteiger partial charge in [0, 0.05) is 31.0 Å². The number of amides is 2. The van der Waals surface area contributed by atoms with Crippen molar-refractivity contribution in [2.24, 2.45) is 5.92 Å². The summed E-state index contributed by atoms with van der Waals surface area (Å²) >= 11 is 0. The third kappa shape index (κ3) is 1.96. The molecular weight excluding hydrogens is 409 g/mol. The third-order valence-corrected chi connectivity index (χ3v) is 6.88. The van der Waals surface area contributed by atoms with Gasteiger partial charge in [0.2, 0.25) is 5.91 Å². The number of carbonyl (C=O) groups excluding carboxylic acids is 2. The first-order valence-electron chi connectivity index (χ1n) is 9.63. The highest BCUT2D eigenvalue weighted by Crippen LogP contribution is 2.64. The van der Waals surface area contributed by atoms with E-state index < -0.39 is 40.9 Å². The monoisotopic (exact) mass is 426 g/mol. The molecule has 1 N–H and O–H groups in total. The van der Waals surface area contributed by atoms with E-state index in [4.69, 9.17) is 0 Å². The topological polar surface area (TPSA) is 76.4 Å². The SMILES string of the molecule is CN1C(=O)[C@@]2(N[C@@H](C(F)(F)F)[C@H](C#N)[C@@]23C(=O)N(C)c2ccccc23)c2ccccc21. The van der Waals surface area contributed by atoms with Crippen LogP contribution in [-0.4, -0.2) is 38.1 Å². The molecule has 0 unspecified atom stereocenters. The van der Waals surface area contributed by atoms with Gasteiger partial charge in [-0.15, -0.1) is 0 Å². The van der Waals surface area contributed by atoms with Crippen molar-refractivity contribution in [3.63, 3.8) is 0 Å². The molecule has 0 aromatic heterocycles. The summed E-state index contributed by atoms with van der Waals surface area (Å²) in [7, 11) is 2.91. The maximum Gasteiger partial charge on any atom is 0.405 e. The molecule has 6 nitrogen and oxygen atoms in total. The lowest BCUT2D eigenvalue weighted by Crippen LogP contribution is -2.62. The lowest BCUT2D eigenvalue weighted by Gasteiger charge is -2.39. The predicted octanol–water partition coefficient (Wildman–Crippen LogP) is 2.45. The van der Waals surface area contributed by atoms with Crippen LogP contribution in [0.25, 0.3) is 0 Å². The second-order valence-corrected chi connectivity index (χ2v) is 8.09. The molecule has 4 atom stereocenters. The summed E-state index contributed by atoms with van der Waals surface area (Å²) < 4.78 is 42.6. The summed E-state index contributed by atoms with van der Waals surface area (Å²) in [5, 5.41) is 12.5. The van der Waals surface area contributed by atoms with Crippen LogP contribution in [0.15, 0.2) is 48.5 Å². The highest BCUT2D eigenvalue weighted by Gasteiger charge is 2.81. The van der Waals surface area contributed by atoms with Crippen LogP contribution in [0.5, 0.6) is 0 Å². The molecule has 3 aliphatic heterocycles. The van der Waals surface area contributed by atoms with E-state index in [1.54, 1.807) is 48.5 Å². The summed E-state index contributed by atoms with van der Waals surface area (Å²) in [6.45, 7) is 0. The Morgan fingerprint density at radius 3 is 2.03 bits per heavy atom. The van der Waals surface area contributed by atoms with Gasteiger partial charge in [0.15, 0.2) is 0 Å². The van der Waals surface area contributed by atoms with Crippen molar-refractivity contribution in [3.05, 3.63) is 59.7 Å². The van der Waals surface area contributed by atoms with Gasteiger partial charge in [-0.25, -0.2) is 0 Å². The number of rotatable bonds is 0. The highest BCUT2D eigenvalue weighted by molar-refractivity contribution is 6.19. The van der Waals surface area contributed by atoms with Gasteiger partial charge in [-0.3, -0.25) is 14.9 Å². The fourth-order valence-corrected chi connectivity index (χ4v) is 5.69. The van der Waals surface area contributed by atoms with Crippen molar-refractivity contribution in [3.8, 4) is 6.07 Å². The Hall–Kier alpha value is -3.38. The molecular formula is C22H17F3N4O2. The molecule has 158 valence electrons. The van der Waals surface area contributed by atoms with Gasteiger partial charge in [-0.05, 0) is 17.7 Å². The number of hydrogen-bond donors (Lipinski definition) is 1. The van der Waals surface area contributed by atoms with Crippen LogP contribution in [0, 0.1) is 17.2 Å². The first-order chi connectivity index (χ1) is 14.6. The van der Waals surface area contributed by atoms with Gasteiger partial charge in [0.1, 0.15) is 17.0 Å². The Morgan fingerprint density at radius 2 is 1.45 bits per heavy atom. The average molecular weight is 426 g/mol. The van der Waals surface area contributed by atoms with Crippen LogP contribution in [0.4, 0.5) is 24.5 Å². The number of nitrogens with one attached hydrogen (secondary N) is 1. The number of benzene rings is 2. The van der Waals surface area contributed by atoms with E-state index in [9.17, 15) is 28.0 Å². The number of nitrogens with zero attached hydrogens (tertiary/aromatic N) is 3. The van der Waals surface area contributed by atoms with Gasteiger partial charge in [0.05, 0.1) is 12.0 Å². The molecule has 1 fully saturated rings. The van der Waals surface area contributed by atoms with E-state index in [2.05, 4.69) is 5.32 Å². The number of halogens is 3. The zero-order chi connectivity index (χ0) is 22.3. The molecule has 5 rings (SSSR count). The van der Waals surface area contributed by atoms with E-state index in [1.165, 1.54) is 30.0 Å². The molecule has 3 aliphatic rings. The van der Waals surface area contributed by atoms with Crippen LogP contribution < -0.4 is 15.1 Å². The molecule has 0 radical (unpaired) electrons. The largest absolute Gasteiger partial charge is 0.405 e. The Morgan fingerprint density at radius 1 is 0.935 bits per heavy atom. The van der Waals surface area contributed by atoms with Crippen molar-refractivity contribution in [1.29, 1.82) is 5.26 Å². The van der Waals surface area contributed by atoms with Crippen LogP contribution in [0.1, 0.15) is 11.1 Å². The van der Waals surface area contributed by atoms with Crippen molar-refractivity contribution >= 4 is 23.2 Å². The molecule has 2 aromatic rings. The summed E-state index contributed by atoms with van der Waals surface area (Å²) in [5.74, 6) is -3.26. The quantitative estimate of drug-likeness (QED) is 0.702. The summed E-state index contributed by atoms with van der Waals surface area (Å²) in [4.78, 5) is 30.1. The summed E-state index contributed by atoms with van der Waals surface area (Å²) in [6, 6.07) is 12.3. The number of carbonyl (C=O) groups is 2. The van der Waals surface area contributed by atoms with Crippen LogP contribution >= 0.6 is 0 Å². The van der Waals surface area contributed by atoms with Crippen LogP contribution in [-0.2, 0) is 20.5 Å². The normalized spacial score (nSPS) is 31.5. The first-order valence-corrected chi connectivity index (χ1v) is 9.63. The second-order valence-electron chi connectivity index (χ2n) is 8.09. The Bertz CT molecular complexity index is 1190. The van der Waals surface area contributed by atoms with Crippen molar-refractivity contribution < 1.29 is 22.8 Å². The Kier molecular flexibility index (Phi) is 3.70. The van der Waals surface area contributed by atoms with E-state index in [0.29, 0.717) is 11.4 Å². The fraction of sp³-hybridized carbons (Fsp3) is 0.318. The zero-order valence-electron chi connectivity index (χ0n) is 16.6. The number of nitriles is 1. The molecule has 3 heterocycles. The van der Waals surface area contributed by atoms with E-state index >= 15 is 0 Å². The minimum Gasteiger partial charge on any atom is -0.314 e. The molecule has 2 aromatic carbocycles. The second kappa shape index (κ2) is 5.86. The number of para-hydroxylation sites is 2. The van der Waals surface area contributed by atoms with Crippen LogP contribution in [0.2, 0.25) is 0 Å². The first kappa shape index (κ1) is 19.6. The van der Waals surface area contributed by atoms with Crippen LogP contribution in [0.3, 0.4) is 0 Å². The lowest BCUT2D eigenvalue weighted by atomic mass is 9.59. The molecule has 0 aliphatic carbocycles. The predicted molar refractivity (Wildman–Crippen MR) is 105 cm³/mol. The van der Waals surface area contributed by atoms with Crippen molar-refractivity contribution in [2.75, 3.05) is 23.9 Å². The molecule has 31 heavy (non-hydrogen) atoms. The zero-order valence-corrected chi connectivity index (χ0v) is 16.6. The highest BCUT2D eigenvalue weighted by atomic mass is 19.4. The maximum atomic E-state index is 14.2. The Labute approximate surface area is 175 Å². The number of fused-ring (bicyclic) bond motifs is 5. The fourth-order valence-electron chi connectivity index (χ4n) is 5.69. The minimum absolute atomic E-state index is 0.242. The molecule has 2 spiro atoms. The average Bonchev–Trinajstić information content (AvgIpc) is 3.28. The standard InChI is InChI=1S/C22H17F3N4O2/c1-28-15-9-5-3-7-12(15)20(18(28)30)14(11-26)17(22(23,24)25)27-21(20)13-8-4-6-10-16(13)29(2)19(21)31/h3-10,14,17,27H,1-2H3/t14-,17+,20-,21-/m0/s1. The van der Waals surface area contributed by atoms with E-state index in [-0.39, 0.29) is 11.1 Å². The van der Waals surface area contributed by atoms with E-state index in [0.717, 1.165) is 0 Å². The van der Waals surface area contributed by atoms with Gasteiger partial charge in [0.25, 0.3) is 5.91 Å². The molecule has 9 heteroatoms. The van der Waals surface area contributed by atoms with Gasteiger partial charge < -0.3 is 9.80 Å². The van der Waals surface area contributed by atoms with Crippen molar-refractivity contribution in [1.82, 2.24) is 5.32 Å². The van der Waals surface area contributed by atoms with Gasteiger partial charge >= 0.3 is 6.18 Å². The van der Waals surface area contributed by atoms with E-state index in [1.807, 2.05) is 0 Å². The van der Waals surface area contributed by atoms with Gasteiger partial charge in [-0.2, -0.15) is 18.4 Å². The maximum absolute atomic E-state index is 14.2. The number of likely N-dealkylation sites (N-methyl/N-ethyl adjacent to an activating group) is 2. The Balaban J connectivity index is 1.96. The minimum atomic E-state index is -4.86. The smallest absolute Gasteiger partial charge is 0.314 e. The molecule has 0 bridgehead atoms. The summed E-state index contributed by atoms with van der Waals surface area (Å²) in [5.41, 5.74) is -2.86. The summed E-state index contributed by atoms with van der Waals surface area (Å²) in [6.07, 6.45) is -4.86.